The van der Waals surface area contributed by atoms with Gasteiger partial charge in [0.1, 0.15) is 12.0 Å². The van der Waals surface area contributed by atoms with Gasteiger partial charge in [0, 0.05) is 51.0 Å². The van der Waals surface area contributed by atoms with Crippen molar-refractivity contribution in [1.29, 1.82) is 0 Å². The largest absolute Gasteiger partial charge is 0.429 e. The van der Waals surface area contributed by atoms with Gasteiger partial charge in [0.15, 0.2) is 0 Å². The quantitative estimate of drug-likeness (QED) is 0.437. The van der Waals surface area contributed by atoms with Gasteiger partial charge in [0.05, 0.1) is 18.3 Å². The molecular formula is C29H39FN6O2. The second kappa shape index (κ2) is 12.5. The van der Waals surface area contributed by atoms with Crippen molar-refractivity contribution in [3.63, 3.8) is 0 Å². The van der Waals surface area contributed by atoms with Gasteiger partial charge in [0.2, 0.25) is 0 Å². The highest BCUT2D eigenvalue weighted by atomic mass is 19.1. The Bertz CT molecular complexity index is 1160. The Morgan fingerprint density at radius 2 is 1.74 bits per heavy atom. The van der Waals surface area contributed by atoms with Crippen LogP contribution in [0, 0.1) is 5.41 Å². The lowest BCUT2D eigenvalue weighted by Crippen LogP contribution is -2.50. The van der Waals surface area contributed by atoms with Gasteiger partial charge in [-0.1, -0.05) is 81.4 Å². The number of carbonyl (C=O) groups is 1. The van der Waals surface area contributed by atoms with Gasteiger partial charge in [-0.15, -0.1) is 5.06 Å². The molecule has 3 aromatic rings. The topological polar surface area (TPSA) is 88.7 Å². The van der Waals surface area contributed by atoms with E-state index >= 15 is 0 Å². The molecule has 0 spiro atoms. The summed E-state index contributed by atoms with van der Waals surface area (Å²) in [5.74, 6) is 0.668. The van der Waals surface area contributed by atoms with Gasteiger partial charge in [-0.2, -0.15) is 0 Å². The van der Waals surface area contributed by atoms with Gasteiger partial charge < -0.3 is 20.5 Å². The molecule has 0 radical (unpaired) electrons. The number of nitrogens with zero attached hydrogens (tertiary/aromatic N) is 4. The Morgan fingerprint density at radius 3 is 2.34 bits per heavy atom. The average molecular weight is 523 g/mol. The fraction of sp³-hybridized carbons (Fsp3) is 0.448. The monoisotopic (exact) mass is 522 g/mol. The first-order chi connectivity index (χ1) is 18.3. The molecule has 0 unspecified atom stereocenters. The minimum absolute atomic E-state index is 0.192. The molecule has 0 saturated carbocycles. The number of hydroxylamine groups is 2. The van der Waals surface area contributed by atoms with Gasteiger partial charge in [-0.3, -0.25) is 4.90 Å². The van der Waals surface area contributed by atoms with Crippen LogP contribution in [0.1, 0.15) is 38.2 Å². The second-order valence-corrected chi connectivity index (χ2v) is 10.8. The van der Waals surface area contributed by atoms with E-state index in [9.17, 15) is 9.18 Å². The second-order valence-electron chi connectivity index (χ2n) is 10.8. The molecule has 1 amide bonds. The lowest BCUT2D eigenvalue weighted by molar-refractivity contribution is -0.126. The average Bonchev–Trinajstić information content (AvgIpc) is 3.32. The number of rotatable bonds is 9. The van der Waals surface area contributed by atoms with Gasteiger partial charge in [-0.05, 0) is 11.0 Å². The molecule has 3 N–H and O–H groups in total. The molecule has 1 aromatic heterocycles. The number of nitrogens with one attached hydrogen (secondary N) is 1. The third-order valence-electron chi connectivity index (χ3n) is 6.62. The van der Waals surface area contributed by atoms with Crippen molar-refractivity contribution in [2.45, 2.75) is 39.5 Å². The number of hydrogen-bond acceptors (Lipinski definition) is 6. The van der Waals surface area contributed by atoms with Crippen molar-refractivity contribution in [3.8, 4) is 11.3 Å². The lowest BCUT2D eigenvalue weighted by Gasteiger charge is -2.40. The van der Waals surface area contributed by atoms with Crippen molar-refractivity contribution in [2.24, 2.45) is 11.1 Å². The molecule has 0 aliphatic carbocycles. The van der Waals surface area contributed by atoms with Crippen LogP contribution in [-0.4, -0.2) is 71.0 Å². The van der Waals surface area contributed by atoms with E-state index in [1.165, 1.54) is 4.90 Å². The number of piperazine rings is 1. The molecular weight excluding hydrogens is 483 g/mol. The number of aromatic nitrogens is 2. The van der Waals surface area contributed by atoms with Crippen molar-refractivity contribution in [3.05, 3.63) is 78.2 Å². The molecule has 9 heteroatoms. The van der Waals surface area contributed by atoms with Gasteiger partial charge in [0.25, 0.3) is 0 Å². The molecule has 1 fully saturated rings. The fourth-order valence-corrected chi connectivity index (χ4v) is 4.77. The molecule has 2 aromatic carbocycles. The highest BCUT2D eigenvalue weighted by Crippen LogP contribution is 2.39. The molecule has 2 heterocycles. The number of hydrogen-bond donors (Lipinski definition) is 2. The number of carbonyl (C=O) groups excluding carboxylic acids is 1. The Kier molecular flexibility index (Phi) is 9.14. The smallest absolute Gasteiger partial charge is 0.351 e. The first-order valence-electron chi connectivity index (χ1n) is 13.2. The molecule has 1 aliphatic rings. The first-order valence-corrected chi connectivity index (χ1v) is 13.2. The van der Waals surface area contributed by atoms with Crippen molar-refractivity contribution < 1.29 is 14.0 Å². The van der Waals surface area contributed by atoms with Crippen LogP contribution in [0.3, 0.4) is 0 Å². The van der Waals surface area contributed by atoms with Crippen LogP contribution in [-0.2, 0) is 11.4 Å². The SMILES string of the molecule is CC(C)(C)[C@H](c1nc(-c2ccccc2)cn1Cc1ccccc1)N(C[C@H](F)CN)C(=O)ON1CCNCC1. The summed E-state index contributed by atoms with van der Waals surface area (Å²) in [6, 6.07) is 19.4. The van der Waals surface area contributed by atoms with Crippen molar-refractivity contribution in [1.82, 2.24) is 24.8 Å². The van der Waals surface area contributed by atoms with E-state index in [1.54, 1.807) is 5.06 Å². The minimum Gasteiger partial charge on any atom is -0.351 e. The van der Waals surface area contributed by atoms with E-state index < -0.39 is 23.7 Å². The van der Waals surface area contributed by atoms with E-state index in [1.807, 2.05) is 75.5 Å². The Morgan fingerprint density at radius 1 is 1.11 bits per heavy atom. The van der Waals surface area contributed by atoms with E-state index in [-0.39, 0.29) is 13.1 Å². The zero-order chi connectivity index (χ0) is 27.1. The molecule has 4 rings (SSSR count). The van der Waals surface area contributed by atoms with Crippen molar-refractivity contribution >= 4 is 6.09 Å². The van der Waals surface area contributed by atoms with E-state index in [4.69, 9.17) is 15.6 Å². The maximum Gasteiger partial charge on any atom is 0.429 e. The summed E-state index contributed by atoms with van der Waals surface area (Å²) in [5, 5.41) is 4.88. The number of amides is 1. The zero-order valence-electron chi connectivity index (χ0n) is 22.5. The van der Waals surface area contributed by atoms with Crippen LogP contribution in [0.15, 0.2) is 66.9 Å². The fourth-order valence-electron chi connectivity index (χ4n) is 4.77. The summed E-state index contributed by atoms with van der Waals surface area (Å²) >= 11 is 0. The number of nitrogens with two attached hydrogens (primary N) is 1. The summed E-state index contributed by atoms with van der Waals surface area (Å²) in [5.41, 5.74) is 8.03. The van der Waals surface area contributed by atoms with Crippen LogP contribution in [0.25, 0.3) is 11.3 Å². The van der Waals surface area contributed by atoms with Crippen molar-refractivity contribution in [2.75, 3.05) is 39.3 Å². The number of halogens is 1. The Hall–Kier alpha value is -3.27. The normalized spacial score (nSPS) is 16.1. The van der Waals surface area contributed by atoms with Crippen LogP contribution >= 0.6 is 0 Å². The van der Waals surface area contributed by atoms with Gasteiger partial charge >= 0.3 is 6.09 Å². The minimum atomic E-state index is -1.40. The Labute approximate surface area is 224 Å². The van der Waals surface area contributed by atoms with Gasteiger partial charge in [-0.25, -0.2) is 14.2 Å². The predicted molar refractivity (Wildman–Crippen MR) is 147 cm³/mol. The number of benzene rings is 2. The number of imidazole rings is 1. The lowest BCUT2D eigenvalue weighted by atomic mass is 9.84. The van der Waals surface area contributed by atoms with E-state index in [0.29, 0.717) is 38.5 Å². The third-order valence-corrected chi connectivity index (χ3v) is 6.62. The first kappa shape index (κ1) is 27.8. The highest BCUT2D eigenvalue weighted by Gasteiger charge is 2.41. The number of alkyl halides is 1. The molecule has 1 saturated heterocycles. The maximum absolute atomic E-state index is 14.9. The summed E-state index contributed by atoms with van der Waals surface area (Å²) in [4.78, 5) is 26.0. The van der Waals surface area contributed by atoms with Crippen LogP contribution in [0.2, 0.25) is 0 Å². The summed E-state index contributed by atoms with van der Waals surface area (Å²) in [6.45, 7) is 8.82. The summed E-state index contributed by atoms with van der Waals surface area (Å²) < 4.78 is 16.9. The molecule has 1 aliphatic heterocycles. The standard InChI is InChI=1S/C29H39FN6O2/c1-29(2,3)26(36(20-24(30)18-31)28(37)38-35-16-14-32-15-17-35)27-33-25(23-12-8-5-9-13-23)21-34(27)19-22-10-6-4-7-11-22/h4-13,21,24,26,32H,14-20,31H2,1-3H3/t24-,26+/m1/s1. The zero-order valence-corrected chi connectivity index (χ0v) is 22.5. The Balaban J connectivity index is 1.78. The van der Waals surface area contributed by atoms with Crippen LogP contribution in [0.5, 0.6) is 0 Å². The molecule has 204 valence electrons. The molecule has 2 atom stereocenters. The predicted octanol–water partition coefficient (Wildman–Crippen LogP) is 4.24. The molecule has 38 heavy (non-hydrogen) atoms. The van der Waals surface area contributed by atoms with E-state index in [0.717, 1.165) is 16.8 Å². The van der Waals surface area contributed by atoms with Crippen LogP contribution in [0.4, 0.5) is 9.18 Å². The highest BCUT2D eigenvalue weighted by molar-refractivity contribution is 5.68. The van der Waals surface area contributed by atoms with E-state index in [2.05, 4.69) is 22.0 Å². The summed E-state index contributed by atoms with van der Waals surface area (Å²) in [6.07, 6.45) is 0.00604. The maximum atomic E-state index is 14.9. The van der Waals surface area contributed by atoms with Crippen LogP contribution < -0.4 is 11.1 Å². The molecule has 0 bridgehead atoms. The third kappa shape index (κ3) is 6.98. The molecule has 8 nitrogen and oxygen atoms in total. The summed E-state index contributed by atoms with van der Waals surface area (Å²) in [7, 11) is 0.